The Balaban J connectivity index is 1.63. The highest BCUT2D eigenvalue weighted by Crippen LogP contribution is 2.22. The van der Waals surface area contributed by atoms with E-state index in [-0.39, 0.29) is 17.6 Å². The molecule has 1 unspecified atom stereocenters. The van der Waals surface area contributed by atoms with E-state index in [0.717, 1.165) is 24.9 Å². The predicted molar refractivity (Wildman–Crippen MR) is 96.5 cm³/mol. The Labute approximate surface area is 148 Å². The molecule has 3 rings (SSSR count). The number of furan rings is 1. The van der Waals surface area contributed by atoms with E-state index >= 15 is 0 Å². The number of hydrogen-bond acceptors (Lipinski definition) is 3. The van der Waals surface area contributed by atoms with Gasteiger partial charge in [0, 0.05) is 12.2 Å². The lowest BCUT2D eigenvalue weighted by molar-refractivity contribution is -0.119. The molecule has 1 aliphatic heterocycles. The fourth-order valence-corrected chi connectivity index (χ4v) is 3.19. The van der Waals surface area contributed by atoms with Crippen LogP contribution in [0.3, 0.4) is 0 Å². The number of rotatable bonds is 6. The first-order chi connectivity index (χ1) is 12.2. The number of anilines is 1. The Kier molecular flexibility index (Phi) is 5.53. The number of carbonyl (C=O) groups is 2. The number of unbranched alkanes of at least 4 members (excludes halogenated alkanes) is 1. The Morgan fingerprint density at radius 3 is 2.72 bits per heavy atom. The van der Waals surface area contributed by atoms with Crippen LogP contribution in [0.25, 0.3) is 0 Å². The SMILES string of the molecule is CCCCc1ccc(NC(=O)C2CCCN2C(=O)c2ccco2)cc1. The van der Waals surface area contributed by atoms with Crippen LogP contribution in [-0.4, -0.2) is 29.3 Å². The number of aryl methyl sites for hydroxylation is 1. The summed E-state index contributed by atoms with van der Waals surface area (Å²) in [5.74, 6) is -0.0868. The third-order valence-electron chi connectivity index (χ3n) is 4.59. The molecule has 132 valence electrons. The van der Waals surface area contributed by atoms with Crippen molar-refractivity contribution in [1.29, 1.82) is 0 Å². The summed E-state index contributed by atoms with van der Waals surface area (Å²) in [6.45, 7) is 2.75. The van der Waals surface area contributed by atoms with Crippen molar-refractivity contribution in [3.8, 4) is 0 Å². The number of hydrogen-bond donors (Lipinski definition) is 1. The first-order valence-electron chi connectivity index (χ1n) is 8.93. The van der Waals surface area contributed by atoms with Crippen molar-refractivity contribution in [2.24, 2.45) is 0 Å². The standard InChI is InChI=1S/C20H24N2O3/c1-2-3-6-15-9-11-16(12-10-15)21-19(23)17-7-4-13-22(17)20(24)18-8-5-14-25-18/h5,8-12,14,17H,2-4,6-7,13H2,1H3,(H,21,23). The summed E-state index contributed by atoms with van der Waals surface area (Å²) in [5.41, 5.74) is 2.04. The predicted octanol–water partition coefficient (Wildman–Crippen LogP) is 3.87. The van der Waals surface area contributed by atoms with E-state index in [2.05, 4.69) is 12.2 Å². The van der Waals surface area contributed by atoms with Gasteiger partial charge in [0.25, 0.3) is 5.91 Å². The van der Waals surface area contributed by atoms with E-state index in [1.807, 2.05) is 24.3 Å². The highest BCUT2D eigenvalue weighted by atomic mass is 16.3. The first-order valence-corrected chi connectivity index (χ1v) is 8.93. The van der Waals surface area contributed by atoms with Gasteiger partial charge < -0.3 is 14.6 Å². The lowest BCUT2D eigenvalue weighted by atomic mass is 10.1. The van der Waals surface area contributed by atoms with Gasteiger partial charge >= 0.3 is 0 Å². The Morgan fingerprint density at radius 1 is 1.24 bits per heavy atom. The second-order valence-corrected chi connectivity index (χ2v) is 6.42. The zero-order valence-corrected chi connectivity index (χ0v) is 14.5. The number of carbonyl (C=O) groups excluding carboxylic acids is 2. The largest absolute Gasteiger partial charge is 0.459 e. The van der Waals surface area contributed by atoms with Gasteiger partial charge in [-0.3, -0.25) is 9.59 Å². The van der Waals surface area contributed by atoms with Gasteiger partial charge in [0.1, 0.15) is 6.04 Å². The zero-order valence-electron chi connectivity index (χ0n) is 14.5. The van der Waals surface area contributed by atoms with Crippen molar-refractivity contribution in [2.75, 3.05) is 11.9 Å². The van der Waals surface area contributed by atoms with Gasteiger partial charge in [0.15, 0.2) is 5.76 Å². The third-order valence-corrected chi connectivity index (χ3v) is 4.59. The van der Waals surface area contributed by atoms with Crippen molar-refractivity contribution >= 4 is 17.5 Å². The van der Waals surface area contributed by atoms with Crippen LogP contribution < -0.4 is 5.32 Å². The molecule has 1 aromatic carbocycles. The maximum atomic E-state index is 12.6. The molecule has 2 amide bonds. The Hall–Kier alpha value is -2.56. The second-order valence-electron chi connectivity index (χ2n) is 6.42. The van der Waals surface area contributed by atoms with Gasteiger partial charge in [-0.25, -0.2) is 0 Å². The molecule has 0 radical (unpaired) electrons. The molecule has 0 bridgehead atoms. The number of nitrogens with one attached hydrogen (secondary N) is 1. The van der Waals surface area contributed by atoms with Crippen molar-refractivity contribution in [2.45, 2.75) is 45.1 Å². The van der Waals surface area contributed by atoms with Crippen LogP contribution in [0.4, 0.5) is 5.69 Å². The highest BCUT2D eigenvalue weighted by Gasteiger charge is 2.35. The molecule has 5 nitrogen and oxygen atoms in total. The molecule has 5 heteroatoms. The molecule has 1 aromatic heterocycles. The van der Waals surface area contributed by atoms with Crippen LogP contribution in [0.5, 0.6) is 0 Å². The Bertz CT molecular complexity index is 707. The van der Waals surface area contributed by atoms with Crippen molar-refractivity contribution in [3.05, 3.63) is 54.0 Å². The molecule has 1 saturated heterocycles. The molecule has 1 aliphatic rings. The van der Waals surface area contributed by atoms with Crippen LogP contribution in [0.15, 0.2) is 47.1 Å². The van der Waals surface area contributed by atoms with E-state index in [1.54, 1.807) is 17.0 Å². The summed E-state index contributed by atoms with van der Waals surface area (Å²) in [7, 11) is 0. The minimum atomic E-state index is -0.447. The maximum Gasteiger partial charge on any atom is 0.290 e. The van der Waals surface area contributed by atoms with Crippen LogP contribution >= 0.6 is 0 Å². The summed E-state index contributed by atoms with van der Waals surface area (Å²) in [5, 5.41) is 2.93. The van der Waals surface area contributed by atoms with Crippen LogP contribution in [0.1, 0.15) is 48.7 Å². The van der Waals surface area contributed by atoms with Gasteiger partial charge in [0.05, 0.1) is 6.26 Å². The molecule has 1 fully saturated rings. The first kappa shape index (κ1) is 17.3. The summed E-state index contributed by atoms with van der Waals surface area (Å²) >= 11 is 0. The minimum Gasteiger partial charge on any atom is -0.459 e. The lowest BCUT2D eigenvalue weighted by Gasteiger charge is -2.23. The summed E-state index contributed by atoms with van der Waals surface area (Å²) < 4.78 is 5.18. The Morgan fingerprint density at radius 2 is 2.04 bits per heavy atom. The van der Waals surface area contributed by atoms with Crippen LogP contribution in [0.2, 0.25) is 0 Å². The molecule has 1 N–H and O–H groups in total. The fourth-order valence-electron chi connectivity index (χ4n) is 3.19. The van der Waals surface area contributed by atoms with Crippen LogP contribution in [-0.2, 0) is 11.2 Å². The molecule has 0 spiro atoms. The average Bonchev–Trinajstić information content (AvgIpc) is 3.32. The third kappa shape index (κ3) is 4.10. The molecular weight excluding hydrogens is 316 g/mol. The monoisotopic (exact) mass is 340 g/mol. The van der Waals surface area contributed by atoms with Gasteiger partial charge in [0.2, 0.25) is 5.91 Å². The van der Waals surface area contributed by atoms with E-state index in [1.165, 1.54) is 18.2 Å². The topological polar surface area (TPSA) is 62.6 Å². The molecule has 1 atom stereocenters. The highest BCUT2D eigenvalue weighted by molar-refractivity contribution is 6.00. The van der Waals surface area contributed by atoms with Crippen molar-refractivity contribution < 1.29 is 14.0 Å². The summed E-state index contributed by atoms with van der Waals surface area (Å²) in [6.07, 6.45) is 6.35. The number of amides is 2. The van der Waals surface area contributed by atoms with Crippen molar-refractivity contribution in [1.82, 2.24) is 4.90 Å². The molecular formula is C20H24N2O3. The van der Waals surface area contributed by atoms with Gasteiger partial charge in [-0.2, -0.15) is 0 Å². The minimum absolute atomic E-state index is 0.140. The molecule has 0 aliphatic carbocycles. The fraction of sp³-hybridized carbons (Fsp3) is 0.400. The van der Waals surface area contributed by atoms with Gasteiger partial charge in [-0.15, -0.1) is 0 Å². The molecule has 25 heavy (non-hydrogen) atoms. The molecule has 0 saturated carbocycles. The molecule has 2 aromatic rings. The zero-order chi connectivity index (χ0) is 17.6. The average molecular weight is 340 g/mol. The van der Waals surface area contributed by atoms with E-state index in [0.29, 0.717) is 13.0 Å². The van der Waals surface area contributed by atoms with E-state index in [9.17, 15) is 9.59 Å². The van der Waals surface area contributed by atoms with Crippen molar-refractivity contribution in [3.63, 3.8) is 0 Å². The lowest BCUT2D eigenvalue weighted by Crippen LogP contribution is -2.43. The molecule has 2 heterocycles. The second kappa shape index (κ2) is 8.01. The summed E-state index contributed by atoms with van der Waals surface area (Å²) in [4.78, 5) is 26.7. The van der Waals surface area contributed by atoms with E-state index < -0.39 is 6.04 Å². The van der Waals surface area contributed by atoms with Gasteiger partial charge in [-0.05, 0) is 55.5 Å². The van der Waals surface area contributed by atoms with Gasteiger partial charge in [-0.1, -0.05) is 25.5 Å². The maximum absolute atomic E-state index is 12.6. The van der Waals surface area contributed by atoms with Crippen LogP contribution in [0, 0.1) is 0 Å². The number of benzene rings is 1. The summed E-state index contributed by atoms with van der Waals surface area (Å²) in [6, 6.07) is 10.8. The normalized spacial score (nSPS) is 16.8. The quantitative estimate of drug-likeness (QED) is 0.868. The number of likely N-dealkylation sites (tertiary alicyclic amines) is 1. The van der Waals surface area contributed by atoms with E-state index in [4.69, 9.17) is 4.42 Å². The number of nitrogens with zero attached hydrogens (tertiary/aromatic N) is 1. The smallest absolute Gasteiger partial charge is 0.290 e.